The first-order chi connectivity index (χ1) is 64.9. The van der Waals surface area contributed by atoms with Crippen LogP contribution in [0.25, 0.3) is 0 Å². The molecule has 0 heterocycles. The van der Waals surface area contributed by atoms with Gasteiger partial charge in [-0.05, 0) is 200 Å². The molecule has 0 fully saturated rings. The van der Waals surface area contributed by atoms with Crippen molar-refractivity contribution < 1.29 is 101 Å². The smallest absolute Gasteiger partial charge is 0.407 e. The van der Waals surface area contributed by atoms with Crippen LogP contribution in [0.1, 0.15) is 471 Å². The Morgan fingerprint density at radius 2 is 0.518 bits per heavy atom. The van der Waals surface area contributed by atoms with E-state index in [1.165, 1.54) is 159 Å². The first-order valence-electron chi connectivity index (χ1n) is 53.3. The van der Waals surface area contributed by atoms with E-state index in [-0.39, 0.29) is 134 Å². The van der Waals surface area contributed by atoms with Crippen LogP contribution in [0.3, 0.4) is 0 Å². The molecule has 32 heteroatoms. The third-order valence-corrected chi connectivity index (χ3v) is 23.8. The highest BCUT2D eigenvalue weighted by molar-refractivity contribution is 7.99. The van der Waals surface area contributed by atoms with E-state index in [0.717, 1.165) is 83.5 Å². The molecule has 0 aromatic heterocycles. The van der Waals surface area contributed by atoms with E-state index in [4.69, 9.17) is 33.2 Å². The van der Waals surface area contributed by atoms with E-state index >= 15 is 19.2 Å². The van der Waals surface area contributed by atoms with Crippen LogP contribution in [0.15, 0.2) is 0 Å². The summed E-state index contributed by atoms with van der Waals surface area (Å²) >= 11 is 1.20. The number of carbonyl (C=O) groups excluding carboxylic acids is 12. The van der Waals surface area contributed by atoms with Gasteiger partial charge in [-0.2, -0.15) is 11.8 Å². The van der Waals surface area contributed by atoms with Crippen molar-refractivity contribution in [2.75, 3.05) is 50.9 Å². The summed E-state index contributed by atoms with van der Waals surface area (Å²) in [6.07, 6.45) is 42.1. The molecule has 10 amide bonds. The van der Waals surface area contributed by atoms with Gasteiger partial charge in [-0.25, -0.2) is 24.0 Å². The van der Waals surface area contributed by atoms with Crippen molar-refractivity contribution in [2.24, 2.45) is 0 Å². The Morgan fingerprint density at radius 3 is 0.810 bits per heavy atom. The van der Waals surface area contributed by atoms with Crippen molar-refractivity contribution >= 4 is 89.5 Å². The minimum absolute atomic E-state index is 0.0609. The van der Waals surface area contributed by atoms with Crippen LogP contribution in [0.2, 0.25) is 0 Å². The molecule has 7 atom stereocenters. The molecule has 0 bridgehead atoms. The lowest BCUT2D eigenvalue weighted by atomic mass is 10.0. The number of hydrogen-bond donors (Lipinski definition) is 11. The molecule has 137 heavy (non-hydrogen) atoms. The number of alkyl carbamates (subject to hydrolysis) is 4. The molecule has 0 aromatic carbocycles. The molecule has 0 saturated carbocycles. The molecule has 31 nitrogen and oxygen atoms in total. The number of nitrogens with one attached hydrogen (secondary N) is 10. The van der Waals surface area contributed by atoms with Gasteiger partial charge < -0.3 is 91.4 Å². The molecule has 0 aromatic rings. The summed E-state index contributed by atoms with van der Waals surface area (Å²) in [6, 6.07) is -8.80. The van der Waals surface area contributed by atoms with Crippen LogP contribution in [-0.2, 0) is 76.3 Å². The Hall–Kier alpha value is -7.38. The molecule has 0 rings (SSSR count). The Kier molecular flexibility index (Phi) is 74.9. The monoisotopic (exact) mass is 1970 g/mol. The van der Waals surface area contributed by atoms with Crippen LogP contribution in [-0.4, -0.2) is 204 Å². The molecule has 0 spiro atoms. The molecule has 0 aliphatic carbocycles. The number of hydrogen-bond acceptors (Lipinski definition) is 21. The number of carbonyl (C=O) groups is 13. The zero-order valence-corrected chi connectivity index (χ0v) is 89.7. The highest BCUT2D eigenvalue weighted by Gasteiger charge is 2.36. The quantitative estimate of drug-likeness (QED) is 0.0153. The van der Waals surface area contributed by atoms with Crippen molar-refractivity contribution in [3.63, 3.8) is 0 Å². The summed E-state index contributed by atoms with van der Waals surface area (Å²) in [6.45, 7) is 32.2. The number of esters is 2. The molecule has 0 radical (unpaired) electrons. The van der Waals surface area contributed by atoms with E-state index in [0.29, 0.717) is 25.7 Å². The van der Waals surface area contributed by atoms with Crippen molar-refractivity contribution in [3.05, 3.63) is 0 Å². The van der Waals surface area contributed by atoms with Gasteiger partial charge in [0.2, 0.25) is 35.4 Å². The van der Waals surface area contributed by atoms with Crippen LogP contribution < -0.4 is 53.2 Å². The predicted molar refractivity (Wildman–Crippen MR) is 546 cm³/mol. The number of aliphatic carboxylic acids is 1. The molecule has 11 N–H and O–H groups in total. The Labute approximate surface area is 831 Å². The summed E-state index contributed by atoms with van der Waals surface area (Å²) in [5.74, 6) is -7.06. The largest absolute Gasteiger partial charge is 0.480 e. The van der Waals surface area contributed by atoms with Crippen LogP contribution in [0.4, 0.5) is 19.2 Å². The Bertz CT molecular complexity index is 3260. The first kappa shape index (κ1) is 130. The molecular weight excluding hydrogens is 1770 g/mol. The van der Waals surface area contributed by atoms with Gasteiger partial charge in [0.1, 0.15) is 71.4 Å². The molecule has 0 aliphatic heterocycles. The summed E-state index contributed by atoms with van der Waals surface area (Å²) in [5, 5.41) is 38.0. The lowest BCUT2D eigenvalue weighted by Crippen LogP contribution is -2.60. The molecule has 798 valence electrons. The maximum absolute atomic E-state index is 15.4. The second kappa shape index (κ2) is 79.2. The van der Waals surface area contributed by atoms with Gasteiger partial charge in [-0.1, -0.05) is 252 Å². The Balaban J connectivity index is 7.91. The van der Waals surface area contributed by atoms with Crippen LogP contribution >= 0.6 is 11.8 Å². The van der Waals surface area contributed by atoms with Gasteiger partial charge in [0.05, 0.1) is 12.2 Å². The van der Waals surface area contributed by atoms with Crippen molar-refractivity contribution in [3.8, 4) is 0 Å². The highest BCUT2D eigenvalue weighted by atomic mass is 32.2. The van der Waals surface area contributed by atoms with Gasteiger partial charge in [0.25, 0.3) is 0 Å². The molecule has 0 saturated heterocycles. The number of unbranched alkanes of at least 4 members (excludes halogenated alkanes) is 40. The van der Waals surface area contributed by atoms with Crippen LogP contribution in [0.5, 0.6) is 0 Å². The number of carboxylic acids is 1. The predicted octanol–water partition coefficient (Wildman–Crippen LogP) is 21.2. The van der Waals surface area contributed by atoms with Gasteiger partial charge in [0, 0.05) is 56.9 Å². The lowest BCUT2D eigenvalue weighted by Gasteiger charge is -2.29. The van der Waals surface area contributed by atoms with Gasteiger partial charge in [-0.15, -0.1) is 0 Å². The number of rotatable bonds is 83. The minimum atomic E-state index is -1.57. The number of carboxylic acid groups (broad SMARTS) is 1. The highest BCUT2D eigenvalue weighted by Crippen LogP contribution is 2.22. The van der Waals surface area contributed by atoms with E-state index in [9.17, 15) is 48.3 Å². The zero-order valence-electron chi connectivity index (χ0n) is 88.9. The fraction of sp³-hybridized carbons (Fsp3) is 0.876. The van der Waals surface area contributed by atoms with Gasteiger partial charge >= 0.3 is 42.3 Å². The van der Waals surface area contributed by atoms with E-state index in [2.05, 4.69) is 73.9 Å². The normalized spacial score (nSPS) is 13.4. The fourth-order valence-corrected chi connectivity index (χ4v) is 16.2. The third kappa shape index (κ3) is 82.0. The van der Waals surface area contributed by atoms with Crippen LogP contribution in [0, 0.1) is 0 Å². The molecular formula is C105H196N10O21S. The number of amides is 10. The minimum Gasteiger partial charge on any atom is -0.480 e. The standard InChI is InChI=1S/C105H196N10O21S/c1-19-22-25-28-31-34-37-40-43-46-49-52-55-70-88(116)110-87(80-137-79-81(132-90(118)72-57-54-51-48-45-42-39-36-33-30-27-24-21-3)77-130-89(117)71-56-53-50-47-44-41-38-35-32-29-26-23-20-2)95(123)115-86(78-131-101(4,5)6)94(122)113-83(67-59-63-74-107-98(127)134-103(10,11)12)92(120)111-82(66-58-62-73-106-97(126)133-102(7,8)9)91(119)112-84(68-60-64-75-108-99(128)135-104(13,14)15)93(121)114-85(96(124)125)69-61-65-76-109-100(129)136-105(16,17)18/h81-87H,19-80H2,1-18H3,(H,106,126)(H,107,127)(H,108,128)(H,109,129)(H,110,116)(H,111,120)(H,112,119)(H,113,122)(H,114,121)(H,115,123)(H,124,125)/t81?,82-,83-,84-,85-,86-,87-/m0/s1. The molecule has 0 aliphatic rings. The summed E-state index contributed by atoms with van der Waals surface area (Å²) in [7, 11) is 0. The van der Waals surface area contributed by atoms with E-state index in [1.807, 2.05) is 0 Å². The van der Waals surface area contributed by atoms with Gasteiger partial charge in [0.15, 0.2) is 0 Å². The average molecular weight is 1970 g/mol. The summed E-state index contributed by atoms with van der Waals surface area (Å²) in [4.78, 5) is 181. The third-order valence-electron chi connectivity index (χ3n) is 22.6. The maximum Gasteiger partial charge on any atom is 0.407 e. The number of ether oxygens (including phenoxy) is 7. The first-order valence-corrected chi connectivity index (χ1v) is 54.5. The van der Waals surface area contributed by atoms with E-state index < -0.39 is 155 Å². The molecule has 1 unspecified atom stereocenters. The SMILES string of the molecule is CCCCCCCCCCCCCCCC(=O)N[C@@H](CSCC(COC(=O)CCCCCCCCCCCCCCC)OC(=O)CCCCCCCCCCCCCCC)C(=O)N[C@@H](COC(C)(C)C)C(=O)N[C@@H](CCCCNC(=O)OC(C)(C)C)C(=O)N[C@@H](CCCCNC(=O)OC(C)(C)C)C(=O)N[C@@H](CCCCNC(=O)OC(C)(C)C)C(=O)N[C@@H](CCCCNC(=O)OC(C)(C)C)C(=O)O. The summed E-state index contributed by atoms with van der Waals surface area (Å²) in [5.41, 5.74) is -4.12. The fourth-order valence-electron chi connectivity index (χ4n) is 15.1. The van der Waals surface area contributed by atoms with Crippen molar-refractivity contribution in [1.29, 1.82) is 0 Å². The van der Waals surface area contributed by atoms with Crippen molar-refractivity contribution in [2.45, 2.75) is 542 Å². The zero-order chi connectivity index (χ0) is 103. The van der Waals surface area contributed by atoms with Crippen molar-refractivity contribution in [1.82, 2.24) is 53.2 Å². The lowest BCUT2D eigenvalue weighted by molar-refractivity contribution is -0.157. The topological polar surface area (TPSA) is 427 Å². The van der Waals surface area contributed by atoms with Gasteiger partial charge in [-0.3, -0.25) is 38.4 Å². The second-order valence-corrected chi connectivity index (χ2v) is 43.3. The number of thioether (sulfide) groups is 1. The van der Waals surface area contributed by atoms with E-state index in [1.54, 1.807) is 104 Å². The summed E-state index contributed by atoms with van der Waals surface area (Å²) < 4.78 is 39.9. The Morgan fingerprint density at radius 1 is 0.263 bits per heavy atom. The average Bonchev–Trinajstić information content (AvgIpc) is 0.851. The maximum atomic E-state index is 15.4. The second-order valence-electron chi connectivity index (χ2n) is 42.2.